The van der Waals surface area contributed by atoms with Crippen LogP contribution in [-0.2, 0) is 0 Å². The Morgan fingerprint density at radius 2 is 1.58 bits per heavy atom. The molecule has 0 spiro atoms. The largest absolute Gasteiger partial charge is 0.492 e. The molecule has 19 heavy (non-hydrogen) atoms. The van der Waals surface area contributed by atoms with E-state index in [1.165, 1.54) is 0 Å². The lowest BCUT2D eigenvalue weighted by Gasteiger charge is -2.11. The predicted molar refractivity (Wildman–Crippen MR) is 79.8 cm³/mol. The molecule has 2 nitrogen and oxygen atoms in total. The molecule has 0 aliphatic carbocycles. The van der Waals surface area contributed by atoms with E-state index in [1.54, 1.807) is 0 Å². The zero-order valence-corrected chi connectivity index (χ0v) is 11.5. The Kier molecular flexibility index (Phi) is 5.73. The van der Waals surface area contributed by atoms with Crippen LogP contribution in [0.2, 0.25) is 0 Å². The van der Waals surface area contributed by atoms with Crippen LogP contribution in [0.5, 0.6) is 5.75 Å². The Morgan fingerprint density at radius 3 is 2.26 bits per heavy atom. The second-order valence-electron chi connectivity index (χ2n) is 4.24. The molecule has 0 aromatic heterocycles. The van der Waals surface area contributed by atoms with Crippen LogP contribution in [0.1, 0.15) is 10.9 Å². The van der Waals surface area contributed by atoms with Gasteiger partial charge in [-0.25, -0.2) is 0 Å². The van der Waals surface area contributed by atoms with Crippen molar-refractivity contribution in [2.75, 3.05) is 19.7 Å². The van der Waals surface area contributed by atoms with Crippen LogP contribution < -0.4 is 10.1 Å². The molecule has 2 rings (SSSR count). The monoisotopic (exact) mass is 275 g/mol. The molecule has 0 aliphatic heterocycles. The van der Waals surface area contributed by atoms with Crippen LogP contribution in [0.4, 0.5) is 0 Å². The second-order valence-corrected chi connectivity index (χ2v) is 4.77. The number of halogens is 1. The van der Waals surface area contributed by atoms with Crippen LogP contribution >= 0.6 is 11.6 Å². The van der Waals surface area contributed by atoms with E-state index < -0.39 is 0 Å². The highest BCUT2D eigenvalue weighted by Crippen LogP contribution is 2.18. The van der Waals surface area contributed by atoms with E-state index in [-0.39, 0.29) is 5.38 Å². The number of rotatable bonds is 7. The van der Waals surface area contributed by atoms with Gasteiger partial charge in [-0.2, -0.15) is 0 Å². The van der Waals surface area contributed by atoms with Crippen molar-refractivity contribution in [1.29, 1.82) is 0 Å². The van der Waals surface area contributed by atoms with Crippen molar-refractivity contribution in [2.24, 2.45) is 0 Å². The van der Waals surface area contributed by atoms with Gasteiger partial charge in [0.05, 0.1) is 5.38 Å². The van der Waals surface area contributed by atoms with E-state index >= 15 is 0 Å². The molecule has 0 heterocycles. The third-order valence-corrected chi connectivity index (χ3v) is 3.18. The number of alkyl halides is 1. The van der Waals surface area contributed by atoms with Gasteiger partial charge in [-0.3, -0.25) is 0 Å². The van der Waals surface area contributed by atoms with Gasteiger partial charge < -0.3 is 10.1 Å². The summed E-state index contributed by atoms with van der Waals surface area (Å²) in [4.78, 5) is 0. The Balaban J connectivity index is 1.62. The highest BCUT2D eigenvalue weighted by atomic mass is 35.5. The maximum Gasteiger partial charge on any atom is 0.119 e. The van der Waals surface area contributed by atoms with Gasteiger partial charge in [-0.15, -0.1) is 11.6 Å². The lowest BCUT2D eigenvalue weighted by Crippen LogP contribution is -2.24. The molecule has 2 aromatic rings. The van der Waals surface area contributed by atoms with E-state index in [2.05, 4.69) is 5.32 Å². The average molecular weight is 276 g/mol. The summed E-state index contributed by atoms with van der Waals surface area (Å²) in [6, 6.07) is 19.9. The first-order chi connectivity index (χ1) is 9.36. The third-order valence-electron chi connectivity index (χ3n) is 2.78. The van der Waals surface area contributed by atoms with Crippen LogP contribution in [0.15, 0.2) is 60.7 Å². The van der Waals surface area contributed by atoms with Crippen molar-refractivity contribution >= 4 is 11.6 Å². The van der Waals surface area contributed by atoms with Gasteiger partial charge in [0.2, 0.25) is 0 Å². The normalized spacial score (nSPS) is 12.1. The van der Waals surface area contributed by atoms with Crippen LogP contribution in [0.25, 0.3) is 0 Å². The summed E-state index contributed by atoms with van der Waals surface area (Å²) in [5, 5.41) is 3.30. The number of nitrogens with one attached hydrogen (secondary N) is 1. The summed E-state index contributed by atoms with van der Waals surface area (Å²) in [6.45, 7) is 2.16. The van der Waals surface area contributed by atoms with Gasteiger partial charge in [0.15, 0.2) is 0 Å². The van der Waals surface area contributed by atoms with Gasteiger partial charge in [0.1, 0.15) is 12.4 Å². The highest BCUT2D eigenvalue weighted by Gasteiger charge is 2.05. The first-order valence-corrected chi connectivity index (χ1v) is 6.87. The maximum atomic E-state index is 6.30. The molecule has 100 valence electrons. The SMILES string of the molecule is ClC(CNCCOc1ccccc1)c1ccccc1. The van der Waals surface area contributed by atoms with E-state index in [4.69, 9.17) is 16.3 Å². The summed E-state index contributed by atoms with van der Waals surface area (Å²) in [5.41, 5.74) is 1.14. The third kappa shape index (κ3) is 4.93. The molecule has 1 N–H and O–H groups in total. The van der Waals surface area contributed by atoms with Crippen LogP contribution in [-0.4, -0.2) is 19.7 Å². The summed E-state index contributed by atoms with van der Waals surface area (Å²) < 4.78 is 5.59. The number of hydrogen-bond acceptors (Lipinski definition) is 2. The summed E-state index contributed by atoms with van der Waals surface area (Å²) in [7, 11) is 0. The summed E-state index contributed by atoms with van der Waals surface area (Å²) in [5.74, 6) is 0.898. The molecule has 0 amide bonds. The molecule has 0 aliphatic rings. The zero-order valence-electron chi connectivity index (χ0n) is 10.8. The first kappa shape index (κ1) is 13.9. The maximum absolute atomic E-state index is 6.30. The minimum atomic E-state index is -0.00192. The fraction of sp³-hybridized carbons (Fsp3) is 0.250. The van der Waals surface area contributed by atoms with Crippen molar-refractivity contribution in [1.82, 2.24) is 5.32 Å². The summed E-state index contributed by atoms with van der Waals surface area (Å²) >= 11 is 6.30. The van der Waals surface area contributed by atoms with Crippen molar-refractivity contribution in [2.45, 2.75) is 5.38 Å². The molecule has 0 saturated heterocycles. The van der Waals surface area contributed by atoms with E-state index in [1.807, 2.05) is 60.7 Å². The molecule has 1 atom stereocenters. The fourth-order valence-electron chi connectivity index (χ4n) is 1.77. The number of para-hydroxylation sites is 1. The molecule has 3 heteroatoms. The lowest BCUT2D eigenvalue weighted by molar-refractivity contribution is 0.314. The molecule has 0 radical (unpaired) electrons. The number of benzene rings is 2. The van der Waals surface area contributed by atoms with E-state index in [0.717, 1.165) is 24.4 Å². The summed E-state index contributed by atoms with van der Waals surface area (Å²) in [6.07, 6.45) is 0. The molecule has 2 aromatic carbocycles. The van der Waals surface area contributed by atoms with Crippen molar-refractivity contribution in [3.05, 3.63) is 66.2 Å². The van der Waals surface area contributed by atoms with Gasteiger partial charge >= 0.3 is 0 Å². The van der Waals surface area contributed by atoms with Gasteiger partial charge in [-0.1, -0.05) is 48.5 Å². The van der Waals surface area contributed by atoms with Gasteiger partial charge in [-0.05, 0) is 17.7 Å². The topological polar surface area (TPSA) is 21.3 Å². The quantitative estimate of drug-likeness (QED) is 0.615. The molecule has 1 unspecified atom stereocenters. The Labute approximate surface area is 119 Å². The van der Waals surface area contributed by atoms with Crippen molar-refractivity contribution in [3.63, 3.8) is 0 Å². The Bertz CT molecular complexity index is 461. The molecule has 0 bridgehead atoms. The number of ether oxygens (including phenoxy) is 1. The van der Waals surface area contributed by atoms with Gasteiger partial charge in [0.25, 0.3) is 0 Å². The Morgan fingerprint density at radius 1 is 0.947 bits per heavy atom. The smallest absolute Gasteiger partial charge is 0.119 e. The molecular weight excluding hydrogens is 258 g/mol. The fourth-order valence-corrected chi connectivity index (χ4v) is 2.02. The molecule has 0 fully saturated rings. The zero-order chi connectivity index (χ0) is 13.3. The van der Waals surface area contributed by atoms with Crippen LogP contribution in [0.3, 0.4) is 0 Å². The lowest BCUT2D eigenvalue weighted by atomic mass is 10.1. The molecule has 0 saturated carbocycles. The van der Waals surface area contributed by atoms with E-state index in [9.17, 15) is 0 Å². The minimum absolute atomic E-state index is 0.00192. The van der Waals surface area contributed by atoms with Crippen molar-refractivity contribution in [3.8, 4) is 5.75 Å². The highest BCUT2D eigenvalue weighted by molar-refractivity contribution is 6.21. The van der Waals surface area contributed by atoms with Crippen LogP contribution in [0, 0.1) is 0 Å². The van der Waals surface area contributed by atoms with E-state index in [0.29, 0.717) is 6.61 Å². The molecular formula is C16H18ClNO. The number of hydrogen-bond donors (Lipinski definition) is 1. The standard InChI is InChI=1S/C16H18ClNO/c17-16(14-7-3-1-4-8-14)13-18-11-12-19-15-9-5-2-6-10-15/h1-10,16,18H,11-13H2. The first-order valence-electron chi connectivity index (χ1n) is 6.44. The van der Waals surface area contributed by atoms with Crippen molar-refractivity contribution < 1.29 is 4.74 Å². The van der Waals surface area contributed by atoms with Gasteiger partial charge in [0, 0.05) is 13.1 Å². The minimum Gasteiger partial charge on any atom is -0.492 e. The predicted octanol–water partition coefficient (Wildman–Crippen LogP) is 3.64. The Hall–Kier alpha value is -1.51. The second kappa shape index (κ2) is 7.82. The average Bonchev–Trinajstić information content (AvgIpc) is 2.49.